The summed E-state index contributed by atoms with van der Waals surface area (Å²) in [6.07, 6.45) is 1.30. The molecule has 0 aliphatic carbocycles. The van der Waals surface area contributed by atoms with Crippen LogP contribution in [-0.4, -0.2) is 13.1 Å². The molecule has 1 N–H and O–H groups in total. The molecule has 1 saturated heterocycles. The number of nitrogens with one attached hydrogen (secondary N) is 1. The van der Waals surface area contributed by atoms with E-state index in [1.165, 1.54) is 23.0 Å². The monoisotopic (exact) mass is 281 g/mol. The van der Waals surface area contributed by atoms with Gasteiger partial charge in [0.15, 0.2) is 0 Å². The summed E-state index contributed by atoms with van der Waals surface area (Å²) in [4.78, 5) is 0. The number of benzene rings is 1. The van der Waals surface area contributed by atoms with Crippen LogP contribution in [0.2, 0.25) is 0 Å². The summed E-state index contributed by atoms with van der Waals surface area (Å²) in [5, 5.41) is 3.52. The number of rotatable bonds is 2. The molecule has 0 saturated carbocycles. The van der Waals surface area contributed by atoms with Crippen LogP contribution in [0.15, 0.2) is 28.7 Å². The van der Waals surface area contributed by atoms with Gasteiger partial charge in [-0.05, 0) is 48.4 Å². The van der Waals surface area contributed by atoms with Crippen molar-refractivity contribution in [1.29, 1.82) is 0 Å². The summed E-state index contributed by atoms with van der Waals surface area (Å²) >= 11 is 3.50. The van der Waals surface area contributed by atoms with Crippen molar-refractivity contribution >= 4 is 15.9 Å². The van der Waals surface area contributed by atoms with Crippen molar-refractivity contribution in [3.63, 3.8) is 0 Å². The summed E-state index contributed by atoms with van der Waals surface area (Å²) in [5.74, 6) is 2.28. The molecular weight excluding hydrogens is 262 g/mol. The molecule has 2 rings (SSSR count). The molecule has 1 aliphatic heterocycles. The van der Waals surface area contributed by atoms with Gasteiger partial charge >= 0.3 is 0 Å². The van der Waals surface area contributed by atoms with Gasteiger partial charge in [-0.25, -0.2) is 0 Å². The first kappa shape index (κ1) is 12.1. The van der Waals surface area contributed by atoms with Crippen LogP contribution in [0.4, 0.5) is 0 Å². The molecule has 2 atom stereocenters. The van der Waals surface area contributed by atoms with Crippen LogP contribution in [0.3, 0.4) is 0 Å². The minimum Gasteiger partial charge on any atom is -0.316 e. The molecule has 88 valence electrons. The summed E-state index contributed by atoms with van der Waals surface area (Å²) in [5.41, 5.74) is 1.48. The average molecular weight is 282 g/mol. The highest BCUT2D eigenvalue weighted by molar-refractivity contribution is 9.10. The normalized spacial score (nSPS) is 26.0. The molecule has 0 radical (unpaired) electrons. The third-order valence-electron chi connectivity index (χ3n) is 3.69. The van der Waals surface area contributed by atoms with Crippen molar-refractivity contribution in [2.45, 2.75) is 26.2 Å². The second kappa shape index (κ2) is 5.33. The second-order valence-corrected chi connectivity index (χ2v) is 5.97. The van der Waals surface area contributed by atoms with Crippen molar-refractivity contribution < 1.29 is 0 Å². The second-order valence-electron chi connectivity index (χ2n) is 5.06. The Hall–Kier alpha value is -0.340. The Morgan fingerprint density at radius 2 is 1.94 bits per heavy atom. The van der Waals surface area contributed by atoms with Gasteiger partial charge in [-0.1, -0.05) is 41.9 Å². The lowest BCUT2D eigenvalue weighted by atomic mass is 9.75. The predicted molar refractivity (Wildman–Crippen MR) is 72.7 cm³/mol. The van der Waals surface area contributed by atoms with Crippen LogP contribution in [0.1, 0.15) is 31.7 Å². The minimum atomic E-state index is 0.682. The Kier molecular flexibility index (Phi) is 4.04. The molecule has 0 bridgehead atoms. The van der Waals surface area contributed by atoms with E-state index >= 15 is 0 Å². The number of hydrogen-bond donors (Lipinski definition) is 1. The summed E-state index contributed by atoms with van der Waals surface area (Å²) in [6.45, 7) is 7.00. The highest BCUT2D eigenvalue weighted by atomic mass is 79.9. The van der Waals surface area contributed by atoms with Gasteiger partial charge in [0.2, 0.25) is 0 Å². The molecule has 0 spiro atoms. The lowest BCUT2D eigenvalue weighted by Crippen LogP contribution is -2.37. The van der Waals surface area contributed by atoms with Crippen LogP contribution < -0.4 is 5.32 Å². The van der Waals surface area contributed by atoms with Crippen molar-refractivity contribution in [3.8, 4) is 0 Å². The molecule has 2 heteroatoms. The molecule has 2 unspecified atom stereocenters. The Morgan fingerprint density at radius 3 is 2.56 bits per heavy atom. The smallest absolute Gasteiger partial charge is 0.0175 e. The van der Waals surface area contributed by atoms with Gasteiger partial charge in [0.05, 0.1) is 0 Å². The third kappa shape index (κ3) is 2.67. The van der Waals surface area contributed by atoms with Gasteiger partial charge in [0, 0.05) is 11.0 Å². The summed E-state index contributed by atoms with van der Waals surface area (Å²) in [6, 6.07) is 8.83. The largest absolute Gasteiger partial charge is 0.316 e. The quantitative estimate of drug-likeness (QED) is 0.870. The van der Waals surface area contributed by atoms with Gasteiger partial charge in [0.25, 0.3) is 0 Å². The van der Waals surface area contributed by atoms with Crippen molar-refractivity contribution in [2.75, 3.05) is 13.1 Å². The van der Waals surface area contributed by atoms with E-state index in [-0.39, 0.29) is 0 Å². The Labute approximate surface area is 107 Å². The fourth-order valence-corrected chi connectivity index (χ4v) is 3.02. The van der Waals surface area contributed by atoms with E-state index in [1.807, 2.05) is 0 Å². The number of piperidine rings is 1. The highest BCUT2D eigenvalue weighted by Crippen LogP contribution is 2.34. The van der Waals surface area contributed by atoms with E-state index in [1.54, 1.807) is 0 Å². The van der Waals surface area contributed by atoms with E-state index in [0.29, 0.717) is 5.92 Å². The zero-order valence-electron chi connectivity index (χ0n) is 10.0. The zero-order valence-corrected chi connectivity index (χ0v) is 11.6. The molecule has 1 aromatic carbocycles. The molecular formula is C14H20BrN. The Balaban J connectivity index is 2.19. The van der Waals surface area contributed by atoms with Crippen LogP contribution in [0, 0.1) is 11.8 Å². The first-order chi connectivity index (χ1) is 7.68. The molecule has 1 nitrogen and oxygen atoms in total. The van der Waals surface area contributed by atoms with E-state index < -0.39 is 0 Å². The molecule has 1 aromatic rings. The van der Waals surface area contributed by atoms with Gasteiger partial charge in [-0.2, -0.15) is 0 Å². The van der Waals surface area contributed by atoms with Gasteiger partial charge in [-0.15, -0.1) is 0 Å². The topological polar surface area (TPSA) is 12.0 Å². The SMILES string of the molecule is CC(C)C1CCNCC1c1ccc(Br)cc1. The maximum absolute atomic E-state index is 3.52. The minimum absolute atomic E-state index is 0.682. The molecule has 1 aliphatic rings. The molecule has 0 aromatic heterocycles. The molecule has 1 heterocycles. The fraction of sp³-hybridized carbons (Fsp3) is 0.571. The maximum Gasteiger partial charge on any atom is 0.0175 e. The fourth-order valence-electron chi connectivity index (χ4n) is 2.75. The molecule has 1 fully saturated rings. The molecule has 0 amide bonds. The van der Waals surface area contributed by atoms with Gasteiger partial charge < -0.3 is 5.32 Å². The third-order valence-corrected chi connectivity index (χ3v) is 4.22. The zero-order chi connectivity index (χ0) is 11.5. The average Bonchev–Trinajstić information content (AvgIpc) is 2.30. The first-order valence-corrected chi connectivity index (χ1v) is 6.94. The first-order valence-electron chi connectivity index (χ1n) is 6.14. The maximum atomic E-state index is 3.52. The van der Waals surface area contributed by atoms with Crippen LogP contribution in [0.25, 0.3) is 0 Å². The van der Waals surface area contributed by atoms with Gasteiger partial charge in [-0.3, -0.25) is 0 Å². The van der Waals surface area contributed by atoms with E-state index in [9.17, 15) is 0 Å². The lowest BCUT2D eigenvalue weighted by Gasteiger charge is -2.35. The van der Waals surface area contributed by atoms with Crippen LogP contribution in [0.5, 0.6) is 0 Å². The van der Waals surface area contributed by atoms with Crippen molar-refractivity contribution in [2.24, 2.45) is 11.8 Å². The summed E-state index contributed by atoms with van der Waals surface area (Å²) in [7, 11) is 0. The number of hydrogen-bond acceptors (Lipinski definition) is 1. The van der Waals surface area contributed by atoms with Crippen LogP contribution in [-0.2, 0) is 0 Å². The molecule has 16 heavy (non-hydrogen) atoms. The summed E-state index contributed by atoms with van der Waals surface area (Å²) < 4.78 is 1.17. The van der Waals surface area contributed by atoms with E-state index in [2.05, 4.69) is 59.4 Å². The van der Waals surface area contributed by atoms with Gasteiger partial charge in [0.1, 0.15) is 0 Å². The highest BCUT2D eigenvalue weighted by Gasteiger charge is 2.28. The Morgan fingerprint density at radius 1 is 1.25 bits per heavy atom. The van der Waals surface area contributed by atoms with Crippen molar-refractivity contribution in [1.82, 2.24) is 5.32 Å². The lowest BCUT2D eigenvalue weighted by molar-refractivity contribution is 0.252. The Bertz CT molecular complexity index is 331. The predicted octanol–water partition coefficient (Wildman–Crippen LogP) is 3.80. The van der Waals surface area contributed by atoms with E-state index in [0.717, 1.165) is 18.4 Å². The van der Waals surface area contributed by atoms with E-state index in [4.69, 9.17) is 0 Å². The number of halogens is 1. The van der Waals surface area contributed by atoms with Crippen LogP contribution >= 0.6 is 15.9 Å². The standard InChI is InChI=1S/C14H20BrN/c1-10(2)13-7-8-16-9-14(13)11-3-5-12(15)6-4-11/h3-6,10,13-14,16H,7-9H2,1-2H3. The van der Waals surface area contributed by atoms with Crippen molar-refractivity contribution in [3.05, 3.63) is 34.3 Å².